The van der Waals surface area contributed by atoms with Crippen molar-refractivity contribution in [2.45, 2.75) is 19.3 Å². The van der Waals surface area contributed by atoms with Gasteiger partial charge in [0, 0.05) is 17.7 Å². The standard InChI is InChI=1S/C20H19NO3/c22-18(15-9-3-1-4-10-15)17-13-7-8-14-21(20(17)24)19(23)16-11-5-2-6-12-16/h1-6,9-12,22H,7-8,13-14H2/b18-17+. The van der Waals surface area contributed by atoms with Gasteiger partial charge >= 0.3 is 0 Å². The van der Waals surface area contributed by atoms with Gasteiger partial charge in [0.1, 0.15) is 5.76 Å². The van der Waals surface area contributed by atoms with Crippen molar-refractivity contribution in [3.8, 4) is 0 Å². The van der Waals surface area contributed by atoms with Crippen LogP contribution >= 0.6 is 0 Å². The van der Waals surface area contributed by atoms with Gasteiger partial charge in [-0.15, -0.1) is 0 Å². The summed E-state index contributed by atoms with van der Waals surface area (Å²) in [7, 11) is 0. The first-order valence-electron chi connectivity index (χ1n) is 8.07. The maximum atomic E-state index is 12.9. The van der Waals surface area contributed by atoms with Crippen molar-refractivity contribution in [1.29, 1.82) is 0 Å². The zero-order chi connectivity index (χ0) is 16.9. The Morgan fingerprint density at radius 3 is 2.08 bits per heavy atom. The second kappa shape index (κ2) is 7.13. The van der Waals surface area contributed by atoms with E-state index < -0.39 is 5.91 Å². The normalized spacial score (nSPS) is 17.3. The molecule has 4 heteroatoms. The summed E-state index contributed by atoms with van der Waals surface area (Å²) in [6.07, 6.45) is 1.96. The number of aliphatic hydroxyl groups excluding tert-OH is 1. The van der Waals surface area contributed by atoms with Crippen LogP contribution in [0.2, 0.25) is 0 Å². The molecule has 1 heterocycles. The molecule has 0 radical (unpaired) electrons. The summed E-state index contributed by atoms with van der Waals surface area (Å²) >= 11 is 0. The zero-order valence-electron chi connectivity index (χ0n) is 13.3. The minimum atomic E-state index is -0.400. The van der Waals surface area contributed by atoms with Gasteiger partial charge in [-0.05, 0) is 31.4 Å². The van der Waals surface area contributed by atoms with E-state index in [2.05, 4.69) is 0 Å². The van der Waals surface area contributed by atoms with E-state index in [1.165, 1.54) is 4.90 Å². The number of carbonyl (C=O) groups is 2. The Hall–Kier alpha value is -2.88. The third kappa shape index (κ3) is 3.23. The summed E-state index contributed by atoms with van der Waals surface area (Å²) < 4.78 is 0. The molecule has 2 amide bonds. The van der Waals surface area contributed by atoms with Crippen molar-refractivity contribution in [1.82, 2.24) is 4.90 Å². The molecule has 1 fully saturated rings. The second-order valence-electron chi connectivity index (χ2n) is 5.78. The Balaban J connectivity index is 1.95. The molecule has 0 aromatic heterocycles. The molecule has 0 spiro atoms. The number of likely N-dealkylation sites (tertiary alicyclic amines) is 1. The maximum absolute atomic E-state index is 12.9. The fourth-order valence-electron chi connectivity index (χ4n) is 2.86. The van der Waals surface area contributed by atoms with Crippen LogP contribution in [0.15, 0.2) is 66.2 Å². The van der Waals surface area contributed by atoms with Crippen molar-refractivity contribution in [3.63, 3.8) is 0 Å². The SMILES string of the molecule is O=C1/C(=C(/O)c2ccccc2)CCCCN1C(=O)c1ccccc1. The molecule has 0 atom stereocenters. The van der Waals surface area contributed by atoms with E-state index in [1.807, 2.05) is 12.1 Å². The van der Waals surface area contributed by atoms with Gasteiger partial charge in [-0.1, -0.05) is 48.5 Å². The molecule has 3 rings (SSSR count). The van der Waals surface area contributed by atoms with E-state index in [1.54, 1.807) is 48.5 Å². The molecule has 1 aliphatic heterocycles. The van der Waals surface area contributed by atoms with Crippen LogP contribution in [0.1, 0.15) is 35.2 Å². The highest BCUT2D eigenvalue weighted by Gasteiger charge is 2.29. The summed E-state index contributed by atoms with van der Waals surface area (Å²) in [6.45, 7) is 0.373. The van der Waals surface area contributed by atoms with Crippen molar-refractivity contribution >= 4 is 17.6 Å². The van der Waals surface area contributed by atoms with Gasteiger partial charge in [0.2, 0.25) is 0 Å². The average molecular weight is 321 g/mol. The lowest BCUT2D eigenvalue weighted by Crippen LogP contribution is -2.37. The molecular formula is C20H19NO3. The number of imide groups is 1. The molecular weight excluding hydrogens is 302 g/mol. The highest BCUT2D eigenvalue weighted by atomic mass is 16.3. The summed E-state index contributed by atoms with van der Waals surface area (Å²) in [5.74, 6) is -0.753. The molecule has 122 valence electrons. The fraction of sp³-hybridized carbons (Fsp3) is 0.200. The summed E-state index contributed by atoms with van der Waals surface area (Å²) in [6, 6.07) is 17.7. The minimum Gasteiger partial charge on any atom is -0.507 e. The third-order valence-electron chi connectivity index (χ3n) is 4.16. The van der Waals surface area contributed by atoms with E-state index in [-0.39, 0.29) is 11.7 Å². The molecule has 0 bridgehead atoms. The largest absolute Gasteiger partial charge is 0.507 e. The Labute approximate surface area is 141 Å². The minimum absolute atomic E-state index is 0.0339. The van der Waals surface area contributed by atoms with Crippen LogP contribution in [0, 0.1) is 0 Å². The lowest BCUT2D eigenvalue weighted by molar-refractivity contribution is -0.124. The summed E-state index contributed by atoms with van der Waals surface area (Å²) in [4.78, 5) is 26.8. The number of nitrogens with zero attached hydrogens (tertiary/aromatic N) is 1. The quantitative estimate of drug-likeness (QED) is 0.520. The van der Waals surface area contributed by atoms with Crippen LogP contribution in [0.25, 0.3) is 5.76 Å². The van der Waals surface area contributed by atoms with Crippen molar-refractivity contribution in [3.05, 3.63) is 77.4 Å². The number of aliphatic hydroxyl groups is 1. The van der Waals surface area contributed by atoms with E-state index in [0.717, 1.165) is 12.8 Å². The number of amides is 2. The first-order valence-corrected chi connectivity index (χ1v) is 8.07. The van der Waals surface area contributed by atoms with Gasteiger partial charge < -0.3 is 5.11 Å². The Kier molecular flexibility index (Phi) is 4.75. The van der Waals surface area contributed by atoms with Gasteiger partial charge in [-0.25, -0.2) is 0 Å². The average Bonchev–Trinajstić information content (AvgIpc) is 2.83. The Morgan fingerprint density at radius 1 is 0.875 bits per heavy atom. The first kappa shape index (κ1) is 16.0. The molecule has 0 saturated carbocycles. The van der Waals surface area contributed by atoms with Crippen LogP contribution in [0.5, 0.6) is 0 Å². The van der Waals surface area contributed by atoms with Crippen LogP contribution in [0.4, 0.5) is 0 Å². The molecule has 4 nitrogen and oxygen atoms in total. The van der Waals surface area contributed by atoms with Gasteiger partial charge in [0.05, 0.1) is 5.57 Å². The second-order valence-corrected chi connectivity index (χ2v) is 5.78. The number of hydrogen-bond donors (Lipinski definition) is 1. The van der Waals surface area contributed by atoms with Crippen molar-refractivity contribution in [2.24, 2.45) is 0 Å². The highest BCUT2D eigenvalue weighted by molar-refractivity contribution is 6.12. The summed E-state index contributed by atoms with van der Waals surface area (Å²) in [5, 5.41) is 10.5. The molecule has 24 heavy (non-hydrogen) atoms. The fourth-order valence-corrected chi connectivity index (χ4v) is 2.86. The van der Waals surface area contributed by atoms with Crippen LogP contribution in [-0.2, 0) is 4.79 Å². The number of benzene rings is 2. The highest BCUT2D eigenvalue weighted by Crippen LogP contribution is 2.25. The van der Waals surface area contributed by atoms with Crippen molar-refractivity contribution in [2.75, 3.05) is 6.54 Å². The number of hydrogen-bond acceptors (Lipinski definition) is 3. The van der Waals surface area contributed by atoms with E-state index in [9.17, 15) is 14.7 Å². The van der Waals surface area contributed by atoms with E-state index >= 15 is 0 Å². The zero-order valence-corrected chi connectivity index (χ0v) is 13.3. The van der Waals surface area contributed by atoms with Crippen LogP contribution in [0.3, 0.4) is 0 Å². The van der Waals surface area contributed by atoms with Gasteiger partial charge in [0.15, 0.2) is 0 Å². The molecule has 1 aliphatic rings. The Morgan fingerprint density at radius 2 is 1.46 bits per heavy atom. The Bertz CT molecular complexity index is 766. The topological polar surface area (TPSA) is 57.6 Å². The molecule has 0 aliphatic carbocycles. The lowest BCUT2D eigenvalue weighted by Gasteiger charge is -2.20. The summed E-state index contributed by atoms with van der Waals surface area (Å²) in [5.41, 5.74) is 1.38. The smallest absolute Gasteiger partial charge is 0.260 e. The third-order valence-corrected chi connectivity index (χ3v) is 4.16. The monoisotopic (exact) mass is 321 g/mol. The predicted molar refractivity (Wildman–Crippen MR) is 92.3 cm³/mol. The van der Waals surface area contributed by atoms with Crippen LogP contribution < -0.4 is 0 Å². The van der Waals surface area contributed by atoms with Gasteiger partial charge in [-0.3, -0.25) is 14.5 Å². The molecule has 2 aromatic rings. The lowest BCUT2D eigenvalue weighted by atomic mass is 10.0. The molecule has 1 N–H and O–H groups in total. The van der Waals surface area contributed by atoms with Gasteiger partial charge in [-0.2, -0.15) is 0 Å². The molecule has 1 saturated heterocycles. The number of carbonyl (C=O) groups excluding carboxylic acids is 2. The first-order chi connectivity index (χ1) is 11.7. The van der Waals surface area contributed by atoms with E-state index in [0.29, 0.717) is 29.7 Å². The van der Waals surface area contributed by atoms with Crippen LogP contribution in [-0.4, -0.2) is 28.4 Å². The van der Waals surface area contributed by atoms with Crippen molar-refractivity contribution < 1.29 is 14.7 Å². The molecule has 2 aromatic carbocycles. The molecule has 0 unspecified atom stereocenters. The number of rotatable bonds is 2. The predicted octanol–water partition coefficient (Wildman–Crippen LogP) is 3.81. The maximum Gasteiger partial charge on any atom is 0.260 e. The van der Waals surface area contributed by atoms with E-state index in [4.69, 9.17) is 0 Å². The van der Waals surface area contributed by atoms with Gasteiger partial charge in [0.25, 0.3) is 11.8 Å².